The summed E-state index contributed by atoms with van der Waals surface area (Å²) in [6.07, 6.45) is 3.06. The van der Waals surface area contributed by atoms with Crippen LogP contribution >= 0.6 is 0 Å². The largest absolute Gasteiger partial charge is 0.457 e. The van der Waals surface area contributed by atoms with Crippen LogP contribution in [0.1, 0.15) is 56.8 Å². The normalized spacial score (nSPS) is 20.9. The number of ketones is 1. The third kappa shape index (κ3) is 3.93. The van der Waals surface area contributed by atoms with Gasteiger partial charge in [0.25, 0.3) is 0 Å². The lowest BCUT2D eigenvalue weighted by molar-refractivity contribution is -0.132. The minimum Gasteiger partial charge on any atom is -0.457 e. The molecule has 0 heterocycles. The average molecular weight is 288 g/mol. The van der Waals surface area contributed by atoms with Crippen molar-refractivity contribution in [3.8, 4) is 0 Å². The Labute approximate surface area is 126 Å². The third-order valence-corrected chi connectivity index (χ3v) is 4.06. The summed E-state index contributed by atoms with van der Waals surface area (Å²) in [6, 6.07) is 8.97. The summed E-state index contributed by atoms with van der Waals surface area (Å²) in [5.74, 6) is -0.262. The smallest absolute Gasteiger partial charge is 0.338 e. The first-order valence-electron chi connectivity index (χ1n) is 7.68. The highest BCUT2D eigenvalue weighted by molar-refractivity contribution is 5.90. The van der Waals surface area contributed by atoms with E-state index in [1.807, 2.05) is 39.0 Å². The van der Waals surface area contributed by atoms with Gasteiger partial charge in [-0.15, -0.1) is 0 Å². The van der Waals surface area contributed by atoms with E-state index < -0.39 is 0 Å². The summed E-state index contributed by atoms with van der Waals surface area (Å²) in [6.45, 7) is 6.08. The van der Waals surface area contributed by atoms with Gasteiger partial charge in [0.2, 0.25) is 0 Å². The summed E-state index contributed by atoms with van der Waals surface area (Å²) in [5.41, 5.74) is 0.289. The second-order valence-electron chi connectivity index (χ2n) is 6.88. The van der Waals surface area contributed by atoms with Crippen LogP contribution in [0, 0.1) is 11.3 Å². The zero-order valence-corrected chi connectivity index (χ0v) is 13.1. The van der Waals surface area contributed by atoms with E-state index in [-0.39, 0.29) is 29.2 Å². The van der Waals surface area contributed by atoms with E-state index in [9.17, 15) is 9.59 Å². The van der Waals surface area contributed by atoms with E-state index in [0.717, 1.165) is 19.3 Å². The Kier molecular flexibility index (Phi) is 4.81. The second kappa shape index (κ2) is 6.42. The fraction of sp³-hybridized carbons (Fsp3) is 0.556. The maximum atomic E-state index is 12.3. The molecule has 1 saturated carbocycles. The van der Waals surface area contributed by atoms with E-state index in [1.54, 1.807) is 12.1 Å². The van der Waals surface area contributed by atoms with Crippen molar-refractivity contribution in [3.05, 3.63) is 35.9 Å². The molecule has 0 radical (unpaired) electrons. The van der Waals surface area contributed by atoms with E-state index >= 15 is 0 Å². The monoisotopic (exact) mass is 288 g/mol. The van der Waals surface area contributed by atoms with Gasteiger partial charge in [-0.25, -0.2) is 4.79 Å². The van der Waals surface area contributed by atoms with Gasteiger partial charge in [-0.05, 0) is 30.4 Å². The standard InChI is InChI=1S/C18H24O3/c1-18(2,3)16(14-11-7-8-12-15(14)19)21-17(20)13-9-5-4-6-10-13/h4-6,9-10,14,16H,7-8,11-12H2,1-3H3. The maximum Gasteiger partial charge on any atom is 0.338 e. The minimum atomic E-state index is -0.363. The van der Waals surface area contributed by atoms with Crippen molar-refractivity contribution < 1.29 is 14.3 Å². The lowest BCUT2D eigenvalue weighted by atomic mass is 9.74. The maximum absolute atomic E-state index is 12.3. The zero-order valence-electron chi connectivity index (χ0n) is 13.1. The van der Waals surface area contributed by atoms with Crippen molar-refractivity contribution in [2.45, 2.75) is 52.6 Å². The molecule has 0 N–H and O–H groups in total. The Balaban J connectivity index is 2.17. The predicted molar refractivity (Wildman–Crippen MR) is 82.1 cm³/mol. The fourth-order valence-corrected chi connectivity index (χ4v) is 2.95. The number of carbonyl (C=O) groups excluding carboxylic acids is 2. The van der Waals surface area contributed by atoms with E-state index in [1.165, 1.54) is 0 Å². The topological polar surface area (TPSA) is 43.4 Å². The minimum absolute atomic E-state index is 0.161. The Bertz CT molecular complexity index is 499. The molecule has 2 unspecified atom stereocenters. The molecule has 1 fully saturated rings. The molecule has 1 aromatic carbocycles. The molecule has 3 nitrogen and oxygen atoms in total. The molecule has 0 bridgehead atoms. The van der Waals surface area contributed by atoms with Crippen LogP contribution in [-0.2, 0) is 9.53 Å². The van der Waals surface area contributed by atoms with Crippen molar-refractivity contribution in [2.24, 2.45) is 11.3 Å². The van der Waals surface area contributed by atoms with Crippen LogP contribution in [0.2, 0.25) is 0 Å². The van der Waals surface area contributed by atoms with Gasteiger partial charge in [0.15, 0.2) is 0 Å². The Morgan fingerprint density at radius 2 is 1.86 bits per heavy atom. The van der Waals surface area contributed by atoms with Gasteiger partial charge < -0.3 is 4.74 Å². The summed E-state index contributed by atoms with van der Waals surface area (Å²) >= 11 is 0. The van der Waals surface area contributed by atoms with Crippen LogP contribution < -0.4 is 0 Å². The van der Waals surface area contributed by atoms with Gasteiger partial charge in [-0.2, -0.15) is 0 Å². The molecule has 1 aliphatic carbocycles. The lowest BCUT2D eigenvalue weighted by Gasteiger charge is -2.37. The van der Waals surface area contributed by atoms with Gasteiger partial charge in [0.1, 0.15) is 11.9 Å². The molecule has 0 amide bonds. The first-order chi connectivity index (χ1) is 9.89. The molecule has 1 aliphatic rings. The van der Waals surface area contributed by atoms with Gasteiger partial charge in [0, 0.05) is 6.42 Å². The van der Waals surface area contributed by atoms with Crippen molar-refractivity contribution in [1.82, 2.24) is 0 Å². The third-order valence-electron chi connectivity index (χ3n) is 4.06. The molecule has 0 spiro atoms. The zero-order chi connectivity index (χ0) is 15.5. The number of esters is 1. The van der Waals surface area contributed by atoms with Gasteiger partial charge in [-0.3, -0.25) is 4.79 Å². The van der Waals surface area contributed by atoms with Crippen LogP contribution in [0.3, 0.4) is 0 Å². The molecule has 0 aromatic heterocycles. The quantitative estimate of drug-likeness (QED) is 0.789. The van der Waals surface area contributed by atoms with Gasteiger partial charge >= 0.3 is 5.97 Å². The van der Waals surface area contributed by atoms with Gasteiger partial charge in [-0.1, -0.05) is 45.4 Å². The molecule has 2 atom stereocenters. The molecule has 0 saturated heterocycles. The molecule has 3 heteroatoms. The van der Waals surface area contributed by atoms with Crippen molar-refractivity contribution in [3.63, 3.8) is 0 Å². The lowest BCUT2D eigenvalue weighted by Crippen LogP contribution is -2.43. The Morgan fingerprint density at radius 1 is 1.19 bits per heavy atom. The van der Waals surface area contributed by atoms with E-state index in [2.05, 4.69) is 0 Å². The number of hydrogen-bond donors (Lipinski definition) is 0. The highest BCUT2D eigenvalue weighted by Crippen LogP contribution is 2.35. The number of carbonyl (C=O) groups is 2. The molecule has 0 aliphatic heterocycles. The Hall–Kier alpha value is -1.64. The highest BCUT2D eigenvalue weighted by atomic mass is 16.5. The van der Waals surface area contributed by atoms with Crippen LogP contribution in [0.4, 0.5) is 0 Å². The molecule has 114 valence electrons. The van der Waals surface area contributed by atoms with Crippen LogP contribution in [0.15, 0.2) is 30.3 Å². The fourth-order valence-electron chi connectivity index (χ4n) is 2.95. The van der Waals surface area contributed by atoms with Gasteiger partial charge in [0.05, 0.1) is 11.5 Å². The van der Waals surface area contributed by atoms with Crippen molar-refractivity contribution in [2.75, 3.05) is 0 Å². The van der Waals surface area contributed by atoms with Crippen LogP contribution in [-0.4, -0.2) is 17.9 Å². The summed E-state index contributed by atoms with van der Waals surface area (Å²) < 4.78 is 5.75. The van der Waals surface area contributed by atoms with Crippen LogP contribution in [0.25, 0.3) is 0 Å². The SMILES string of the molecule is CC(C)(C)C(OC(=O)c1ccccc1)C1CCCCC1=O. The van der Waals surface area contributed by atoms with Crippen molar-refractivity contribution in [1.29, 1.82) is 0 Å². The summed E-state index contributed by atoms with van der Waals surface area (Å²) in [7, 11) is 0. The molecule has 2 rings (SSSR count). The van der Waals surface area contributed by atoms with Crippen molar-refractivity contribution >= 4 is 11.8 Å². The van der Waals surface area contributed by atoms with E-state index in [0.29, 0.717) is 12.0 Å². The average Bonchev–Trinajstić information content (AvgIpc) is 2.45. The number of benzene rings is 1. The first-order valence-corrected chi connectivity index (χ1v) is 7.68. The molecule has 21 heavy (non-hydrogen) atoms. The molecular formula is C18H24O3. The van der Waals surface area contributed by atoms with Crippen LogP contribution in [0.5, 0.6) is 0 Å². The number of Topliss-reactive ketones (excluding diaryl/α,β-unsaturated/α-hetero) is 1. The summed E-state index contributed by atoms with van der Waals surface area (Å²) in [5, 5.41) is 0. The summed E-state index contributed by atoms with van der Waals surface area (Å²) in [4.78, 5) is 24.5. The first kappa shape index (κ1) is 15.7. The van der Waals surface area contributed by atoms with E-state index in [4.69, 9.17) is 4.74 Å². The predicted octanol–water partition coefficient (Wildman–Crippen LogP) is 4.02. The highest BCUT2D eigenvalue weighted by Gasteiger charge is 2.40. The number of rotatable bonds is 3. The Morgan fingerprint density at radius 3 is 2.43 bits per heavy atom. The molecule has 1 aromatic rings. The molecular weight excluding hydrogens is 264 g/mol. The number of ether oxygens (including phenoxy) is 1. The second-order valence-corrected chi connectivity index (χ2v) is 6.88. The number of hydrogen-bond acceptors (Lipinski definition) is 3.